The smallest absolute Gasteiger partial charge is 0.314 e. The lowest BCUT2D eigenvalue weighted by Gasteiger charge is -2.27. The Balaban J connectivity index is 2.33. The summed E-state index contributed by atoms with van der Waals surface area (Å²) in [6.45, 7) is 6.57. The molecule has 0 bridgehead atoms. The quantitative estimate of drug-likeness (QED) is 0.655. The van der Waals surface area contributed by atoms with Gasteiger partial charge >= 0.3 is 12.0 Å². The Hall–Kier alpha value is -1.30. The summed E-state index contributed by atoms with van der Waals surface area (Å²) < 4.78 is 0. The van der Waals surface area contributed by atoms with E-state index in [1.165, 1.54) is 0 Å². The van der Waals surface area contributed by atoms with Crippen LogP contribution in [-0.2, 0) is 4.79 Å². The number of carboxylic acids is 1. The molecule has 1 aliphatic rings. The predicted molar refractivity (Wildman–Crippen MR) is 77.7 cm³/mol. The second kappa shape index (κ2) is 7.47. The van der Waals surface area contributed by atoms with Crippen LogP contribution in [0.15, 0.2) is 0 Å². The molecule has 0 aliphatic carbocycles. The summed E-state index contributed by atoms with van der Waals surface area (Å²) in [5, 5.41) is 14.8. The van der Waals surface area contributed by atoms with Crippen LogP contribution in [0, 0.1) is 11.3 Å². The number of carbonyl (C=O) groups is 2. The van der Waals surface area contributed by atoms with Gasteiger partial charge in [-0.2, -0.15) is 0 Å². The van der Waals surface area contributed by atoms with Gasteiger partial charge in [0.15, 0.2) is 0 Å². The van der Waals surface area contributed by atoms with Crippen LogP contribution in [0.2, 0.25) is 0 Å². The molecule has 2 amide bonds. The molecule has 1 saturated heterocycles. The summed E-state index contributed by atoms with van der Waals surface area (Å²) >= 11 is 0. The van der Waals surface area contributed by atoms with E-state index in [1.807, 2.05) is 13.8 Å². The van der Waals surface area contributed by atoms with Crippen LogP contribution in [0.5, 0.6) is 0 Å². The molecule has 1 heterocycles. The maximum atomic E-state index is 11.8. The number of urea groups is 1. The normalized spacial score (nSPS) is 19.9. The summed E-state index contributed by atoms with van der Waals surface area (Å²) in [7, 11) is 2.07. The number of carbonyl (C=O) groups excluding carboxylic acids is 1. The molecular formula is C14H27N3O3. The van der Waals surface area contributed by atoms with Gasteiger partial charge in [0.05, 0.1) is 5.41 Å². The largest absolute Gasteiger partial charge is 0.481 e. The van der Waals surface area contributed by atoms with Gasteiger partial charge in [0.25, 0.3) is 0 Å². The van der Waals surface area contributed by atoms with Crippen LogP contribution in [0.25, 0.3) is 0 Å². The van der Waals surface area contributed by atoms with Crippen molar-refractivity contribution in [2.45, 2.75) is 33.1 Å². The van der Waals surface area contributed by atoms with Crippen molar-refractivity contribution >= 4 is 12.0 Å². The summed E-state index contributed by atoms with van der Waals surface area (Å²) in [6.07, 6.45) is 2.11. The van der Waals surface area contributed by atoms with Gasteiger partial charge in [-0.25, -0.2) is 4.79 Å². The number of rotatable bonds is 7. The molecule has 3 N–H and O–H groups in total. The topological polar surface area (TPSA) is 81.7 Å². The first-order valence-corrected chi connectivity index (χ1v) is 7.37. The number of amides is 2. The monoisotopic (exact) mass is 285 g/mol. The highest BCUT2D eigenvalue weighted by Gasteiger charge is 2.35. The Labute approximate surface area is 120 Å². The van der Waals surface area contributed by atoms with Crippen LogP contribution in [0.1, 0.15) is 33.1 Å². The van der Waals surface area contributed by atoms with Crippen molar-refractivity contribution in [1.29, 1.82) is 0 Å². The molecule has 0 aromatic heterocycles. The van der Waals surface area contributed by atoms with E-state index in [4.69, 9.17) is 0 Å². The molecule has 6 nitrogen and oxygen atoms in total. The van der Waals surface area contributed by atoms with Gasteiger partial charge < -0.3 is 20.6 Å². The van der Waals surface area contributed by atoms with E-state index >= 15 is 0 Å². The fraction of sp³-hybridized carbons (Fsp3) is 0.857. The van der Waals surface area contributed by atoms with E-state index in [0.717, 1.165) is 19.5 Å². The van der Waals surface area contributed by atoms with Gasteiger partial charge in [-0.1, -0.05) is 13.8 Å². The third-order valence-electron chi connectivity index (χ3n) is 4.43. The van der Waals surface area contributed by atoms with Crippen molar-refractivity contribution in [3.05, 3.63) is 0 Å². The average molecular weight is 285 g/mol. The van der Waals surface area contributed by atoms with E-state index in [2.05, 4.69) is 22.6 Å². The Bertz CT molecular complexity index is 343. The van der Waals surface area contributed by atoms with E-state index < -0.39 is 11.4 Å². The van der Waals surface area contributed by atoms with Crippen molar-refractivity contribution in [3.8, 4) is 0 Å². The van der Waals surface area contributed by atoms with Crippen molar-refractivity contribution in [3.63, 3.8) is 0 Å². The molecule has 1 rings (SSSR count). The van der Waals surface area contributed by atoms with Gasteiger partial charge in [-0.3, -0.25) is 4.79 Å². The predicted octanol–water partition coefficient (Wildman–Crippen LogP) is 1.13. The van der Waals surface area contributed by atoms with E-state index in [1.54, 1.807) is 0 Å². The van der Waals surface area contributed by atoms with Crippen LogP contribution in [-0.4, -0.2) is 55.2 Å². The Morgan fingerprint density at radius 2 is 1.95 bits per heavy atom. The van der Waals surface area contributed by atoms with Crippen LogP contribution >= 0.6 is 0 Å². The van der Waals surface area contributed by atoms with Gasteiger partial charge in [0, 0.05) is 19.6 Å². The van der Waals surface area contributed by atoms with Crippen LogP contribution < -0.4 is 10.6 Å². The third kappa shape index (κ3) is 4.37. The Morgan fingerprint density at radius 3 is 2.40 bits per heavy atom. The maximum Gasteiger partial charge on any atom is 0.314 e. The number of aliphatic carboxylic acids is 1. The summed E-state index contributed by atoms with van der Waals surface area (Å²) in [4.78, 5) is 25.3. The van der Waals surface area contributed by atoms with Gasteiger partial charge in [-0.05, 0) is 38.8 Å². The zero-order valence-electron chi connectivity index (χ0n) is 12.7. The first-order valence-electron chi connectivity index (χ1n) is 7.37. The minimum absolute atomic E-state index is 0.172. The maximum absolute atomic E-state index is 11.8. The molecule has 1 atom stereocenters. The second-order valence-electron chi connectivity index (χ2n) is 5.77. The molecule has 0 spiro atoms. The van der Waals surface area contributed by atoms with E-state index in [-0.39, 0.29) is 12.6 Å². The molecule has 0 radical (unpaired) electrons. The molecule has 0 aromatic carbocycles. The van der Waals surface area contributed by atoms with Gasteiger partial charge in [0.1, 0.15) is 0 Å². The van der Waals surface area contributed by atoms with Crippen LogP contribution in [0.3, 0.4) is 0 Å². The first kappa shape index (κ1) is 16.8. The molecule has 0 saturated carbocycles. The van der Waals surface area contributed by atoms with E-state index in [9.17, 15) is 14.7 Å². The molecule has 1 fully saturated rings. The van der Waals surface area contributed by atoms with Gasteiger partial charge in [-0.15, -0.1) is 0 Å². The number of nitrogens with zero attached hydrogens (tertiary/aromatic N) is 1. The number of hydrogen-bond acceptors (Lipinski definition) is 3. The van der Waals surface area contributed by atoms with Crippen LogP contribution in [0.4, 0.5) is 4.79 Å². The average Bonchev–Trinajstić information content (AvgIpc) is 2.83. The minimum Gasteiger partial charge on any atom is -0.481 e. The number of hydrogen-bond donors (Lipinski definition) is 3. The Morgan fingerprint density at radius 1 is 1.30 bits per heavy atom. The van der Waals surface area contributed by atoms with E-state index in [0.29, 0.717) is 25.3 Å². The molecule has 1 unspecified atom stereocenters. The minimum atomic E-state index is -0.856. The highest BCUT2D eigenvalue weighted by molar-refractivity contribution is 5.78. The molecule has 20 heavy (non-hydrogen) atoms. The zero-order chi connectivity index (χ0) is 15.2. The standard InChI is InChI=1S/C14H27N3O3/c1-4-14(5-2,12(18)19)10-16-13(20)15-8-11-6-7-17(3)9-11/h11H,4-10H2,1-3H3,(H,18,19)(H2,15,16,20). The highest BCUT2D eigenvalue weighted by atomic mass is 16.4. The Kier molecular flexibility index (Phi) is 6.26. The van der Waals surface area contributed by atoms with Crippen molar-refractivity contribution < 1.29 is 14.7 Å². The molecule has 116 valence electrons. The van der Waals surface area contributed by atoms with Crippen molar-refractivity contribution in [2.75, 3.05) is 33.2 Å². The summed E-state index contributed by atoms with van der Waals surface area (Å²) in [5.74, 6) is -0.354. The lowest BCUT2D eigenvalue weighted by molar-refractivity contribution is -0.149. The molecule has 0 aromatic rings. The fourth-order valence-electron chi connectivity index (χ4n) is 2.62. The SMILES string of the molecule is CCC(CC)(CNC(=O)NCC1CCN(C)C1)C(=O)O. The third-order valence-corrected chi connectivity index (χ3v) is 4.43. The van der Waals surface area contributed by atoms with Gasteiger partial charge in [0.2, 0.25) is 0 Å². The molecule has 6 heteroatoms. The molecule has 1 aliphatic heterocycles. The second-order valence-corrected chi connectivity index (χ2v) is 5.77. The summed E-state index contributed by atoms with van der Waals surface area (Å²) in [5.41, 5.74) is -0.856. The number of nitrogens with one attached hydrogen (secondary N) is 2. The van der Waals surface area contributed by atoms with Crippen molar-refractivity contribution in [2.24, 2.45) is 11.3 Å². The lowest BCUT2D eigenvalue weighted by atomic mass is 9.82. The summed E-state index contributed by atoms with van der Waals surface area (Å²) in [6, 6.07) is -0.271. The highest BCUT2D eigenvalue weighted by Crippen LogP contribution is 2.25. The lowest BCUT2D eigenvalue weighted by Crippen LogP contribution is -2.46. The number of carboxylic acid groups (broad SMARTS) is 1. The first-order chi connectivity index (χ1) is 9.43. The fourth-order valence-corrected chi connectivity index (χ4v) is 2.62. The van der Waals surface area contributed by atoms with Crippen molar-refractivity contribution in [1.82, 2.24) is 15.5 Å². The number of likely N-dealkylation sites (tertiary alicyclic amines) is 1. The zero-order valence-corrected chi connectivity index (χ0v) is 12.7. The molecular weight excluding hydrogens is 258 g/mol.